The average Bonchev–Trinajstić information content (AvgIpc) is 2.76. The number of aryl methyl sites for hydroxylation is 3. The van der Waals surface area contributed by atoms with Crippen LogP contribution in [-0.4, -0.2) is 22.9 Å². The molecule has 0 aliphatic carbocycles. The largest absolute Gasteiger partial charge is 0.315 e. The zero-order chi connectivity index (χ0) is 14.2. The van der Waals surface area contributed by atoms with Crippen molar-refractivity contribution in [2.45, 2.75) is 32.1 Å². The van der Waals surface area contributed by atoms with Crippen molar-refractivity contribution in [1.82, 2.24) is 15.1 Å². The third kappa shape index (κ3) is 2.27. The van der Waals surface area contributed by atoms with Gasteiger partial charge in [0.1, 0.15) is 0 Å². The molecule has 0 radical (unpaired) electrons. The van der Waals surface area contributed by atoms with Crippen molar-refractivity contribution in [3.8, 4) is 0 Å². The Labute approximate surface area is 121 Å². The fourth-order valence-corrected chi connectivity index (χ4v) is 3.02. The monoisotopic (exact) mass is 269 g/mol. The van der Waals surface area contributed by atoms with Crippen LogP contribution in [0.3, 0.4) is 0 Å². The van der Waals surface area contributed by atoms with Crippen LogP contribution in [0.15, 0.2) is 30.3 Å². The smallest absolute Gasteiger partial charge is 0.0624 e. The number of hydrogen-bond donors (Lipinski definition) is 1. The van der Waals surface area contributed by atoms with E-state index in [1.165, 1.54) is 22.5 Å². The Morgan fingerprint density at radius 1 is 1.25 bits per heavy atom. The van der Waals surface area contributed by atoms with E-state index in [-0.39, 0.29) is 5.41 Å². The van der Waals surface area contributed by atoms with Crippen molar-refractivity contribution in [3.05, 3.63) is 52.8 Å². The van der Waals surface area contributed by atoms with Gasteiger partial charge in [-0.3, -0.25) is 4.68 Å². The topological polar surface area (TPSA) is 29.9 Å². The van der Waals surface area contributed by atoms with Crippen LogP contribution in [-0.2, 0) is 25.3 Å². The van der Waals surface area contributed by atoms with Crippen LogP contribution in [0.2, 0.25) is 0 Å². The Bertz CT molecular complexity index is 591. The van der Waals surface area contributed by atoms with Gasteiger partial charge in [0.05, 0.1) is 5.69 Å². The molecule has 1 aliphatic heterocycles. The van der Waals surface area contributed by atoms with Crippen LogP contribution >= 0.6 is 0 Å². The van der Waals surface area contributed by atoms with Gasteiger partial charge in [-0.1, -0.05) is 36.8 Å². The molecule has 0 saturated carbocycles. The molecule has 20 heavy (non-hydrogen) atoms. The lowest BCUT2D eigenvalue weighted by atomic mass is 9.71. The van der Waals surface area contributed by atoms with Crippen molar-refractivity contribution in [1.29, 1.82) is 0 Å². The van der Waals surface area contributed by atoms with E-state index in [4.69, 9.17) is 0 Å². The molecule has 3 nitrogen and oxygen atoms in total. The maximum Gasteiger partial charge on any atom is 0.0624 e. The van der Waals surface area contributed by atoms with Crippen LogP contribution in [0.1, 0.15) is 29.4 Å². The first kappa shape index (κ1) is 13.4. The molecule has 0 spiro atoms. The Morgan fingerprint density at radius 2 is 1.95 bits per heavy atom. The fourth-order valence-electron chi connectivity index (χ4n) is 3.02. The van der Waals surface area contributed by atoms with E-state index in [0.717, 1.165) is 25.9 Å². The van der Waals surface area contributed by atoms with Crippen molar-refractivity contribution in [2.24, 2.45) is 7.05 Å². The Morgan fingerprint density at radius 3 is 2.45 bits per heavy atom. The predicted molar refractivity (Wildman–Crippen MR) is 82.0 cm³/mol. The average molecular weight is 269 g/mol. The summed E-state index contributed by atoms with van der Waals surface area (Å²) in [5.74, 6) is 0. The summed E-state index contributed by atoms with van der Waals surface area (Å²) in [5.41, 5.74) is 5.54. The van der Waals surface area contributed by atoms with Gasteiger partial charge in [-0.2, -0.15) is 5.10 Å². The standard InChI is InChI=1S/C17H23N3/c1-4-15-9-16(20(3)19-15)10-17(11-18-12-17)14-7-5-13(2)6-8-14/h5-9,18H,4,10-12H2,1-3H3. The Hall–Kier alpha value is -1.61. The molecule has 1 aromatic carbocycles. The third-order valence-electron chi connectivity index (χ3n) is 4.50. The summed E-state index contributed by atoms with van der Waals surface area (Å²) >= 11 is 0. The van der Waals surface area contributed by atoms with Crippen molar-refractivity contribution >= 4 is 0 Å². The molecule has 0 amide bonds. The second-order valence-electron chi connectivity index (χ2n) is 6.03. The molecule has 106 valence electrons. The van der Waals surface area contributed by atoms with E-state index in [1.54, 1.807) is 0 Å². The first-order valence-corrected chi connectivity index (χ1v) is 7.43. The first-order chi connectivity index (χ1) is 9.63. The number of rotatable bonds is 4. The van der Waals surface area contributed by atoms with Crippen LogP contribution in [0.25, 0.3) is 0 Å². The lowest BCUT2D eigenvalue weighted by Gasteiger charge is -2.43. The molecule has 2 aromatic rings. The summed E-state index contributed by atoms with van der Waals surface area (Å²) in [6, 6.07) is 11.3. The van der Waals surface area contributed by atoms with Crippen LogP contribution in [0.5, 0.6) is 0 Å². The molecule has 2 heterocycles. The molecular weight excluding hydrogens is 246 g/mol. The first-order valence-electron chi connectivity index (χ1n) is 7.43. The molecule has 3 heteroatoms. The Kier molecular flexibility index (Phi) is 3.38. The van der Waals surface area contributed by atoms with Crippen molar-refractivity contribution < 1.29 is 0 Å². The van der Waals surface area contributed by atoms with Gasteiger partial charge in [0, 0.05) is 37.7 Å². The van der Waals surface area contributed by atoms with Gasteiger partial charge in [-0.25, -0.2) is 0 Å². The SMILES string of the molecule is CCc1cc(CC2(c3ccc(C)cc3)CNC2)n(C)n1. The van der Waals surface area contributed by atoms with Gasteiger partial charge in [0.2, 0.25) is 0 Å². The number of aromatic nitrogens is 2. The zero-order valence-corrected chi connectivity index (χ0v) is 12.6. The molecule has 0 bridgehead atoms. The number of nitrogens with zero attached hydrogens (tertiary/aromatic N) is 2. The summed E-state index contributed by atoms with van der Waals surface area (Å²) in [6.45, 7) is 6.42. The zero-order valence-electron chi connectivity index (χ0n) is 12.6. The molecular formula is C17H23N3. The summed E-state index contributed by atoms with van der Waals surface area (Å²) in [7, 11) is 2.06. The Balaban J connectivity index is 1.89. The molecule has 0 unspecified atom stereocenters. The number of benzene rings is 1. The van der Waals surface area contributed by atoms with E-state index in [9.17, 15) is 0 Å². The minimum absolute atomic E-state index is 0.243. The molecule has 1 fully saturated rings. The third-order valence-corrected chi connectivity index (χ3v) is 4.50. The second kappa shape index (κ2) is 5.06. The summed E-state index contributed by atoms with van der Waals surface area (Å²) < 4.78 is 2.05. The summed E-state index contributed by atoms with van der Waals surface area (Å²) in [6.07, 6.45) is 2.07. The van der Waals surface area contributed by atoms with Gasteiger partial charge in [-0.15, -0.1) is 0 Å². The number of nitrogens with one attached hydrogen (secondary N) is 1. The maximum absolute atomic E-state index is 4.58. The van der Waals surface area contributed by atoms with Crippen molar-refractivity contribution in [3.63, 3.8) is 0 Å². The molecule has 1 aromatic heterocycles. The van der Waals surface area contributed by atoms with E-state index >= 15 is 0 Å². The highest BCUT2D eigenvalue weighted by Gasteiger charge is 2.39. The predicted octanol–water partition coefficient (Wildman–Crippen LogP) is 2.37. The minimum Gasteiger partial charge on any atom is -0.315 e. The minimum atomic E-state index is 0.243. The lowest BCUT2D eigenvalue weighted by molar-refractivity contribution is 0.269. The number of hydrogen-bond acceptors (Lipinski definition) is 2. The molecule has 1 saturated heterocycles. The highest BCUT2D eigenvalue weighted by molar-refractivity contribution is 5.34. The highest BCUT2D eigenvalue weighted by atomic mass is 15.3. The van der Waals surface area contributed by atoms with Gasteiger partial charge >= 0.3 is 0 Å². The quantitative estimate of drug-likeness (QED) is 0.923. The van der Waals surface area contributed by atoms with E-state index < -0.39 is 0 Å². The lowest BCUT2D eigenvalue weighted by Crippen LogP contribution is -2.58. The van der Waals surface area contributed by atoms with Crippen LogP contribution in [0.4, 0.5) is 0 Å². The molecule has 1 aliphatic rings. The molecule has 1 N–H and O–H groups in total. The summed E-state index contributed by atoms with van der Waals surface area (Å²) in [5, 5.41) is 8.02. The van der Waals surface area contributed by atoms with Crippen LogP contribution in [0, 0.1) is 6.92 Å². The second-order valence-corrected chi connectivity index (χ2v) is 6.03. The maximum atomic E-state index is 4.58. The van der Waals surface area contributed by atoms with Crippen LogP contribution < -0.4 is 5.32 Å². The van der Waals surface area contributed by atoms with Gasteiger partial charge in [-0.05, 0) is 25.0 Å². The van der Waals surface area contributed by atoms with E-state index in [1.807, 2.05) is 4.68 Å². The van der Waals surface area contributed by atoms with Gasteiger partial charge in [0.25, 0.3) is 0 Å². The summed E-state index contributed by atoms with van der Waals surface area (Å²) in [4.78, 5) is 0. The van der Waals surface area contributed by atoms with E-state index in [0.29, 0.717) is 0 Å². The normalized spacial score (nSPS) is 16.9. The van der Waals surface area contributed by atoms with E-state index in [2.05, 4.69) is 61.6 Å². The molecule has 0 atom stereocenters. The molecule has 3 rings (SSSR count). The van der Waals surface area contributed by atoms with Crippen molar-refractivity contribution in [2.75, 3.05) is 13.1 Å². The van der Waals surface area contributed by atoms with Gasteiger partial charge in [0.15, 0.2) is 0 Å². The highest BCUT2D eigenvalue weighted by Crippen LogP contribution is 2.32. The fraction of sp³-hybridized carbons (Fsp3) is 0.471. The van der Waals surface area contributed by atoms with Gasteiger partial charge < -0.3 is 5.32 Å².